The maximum Gasteiger partial charge on any atom is 0.231 e. The number of piperidine rings is 1. The van der Waals surface area contributed by atoms with Crippen LogP contribution in [0.25, 0.3) is 0 Å². The first-order valence-corrected chi connectivity index (χ1v) is 8.44. The van der Waals surface area contributed by atoms with E-state index in [1.807, 2.05) is 24.3 Å². The van der Waals surface area contributed by atoms with Crippen molar-refractivity contribution in [1.29, 1.82) is 0 Å². The normalized spacial score (nSPS) is 16.9. The molecule has 3 heterocycles. The third kappa shape index (κ3) is 3.35. The molecule has 1 fully saturated rings. The number of nitrogens with zero attached hydrogens (tertiary/aromatic N) is 3. The minimum Gasteiger partial charge on any atom is -0.454 e. The number of rotatable bonds is 4. The number of hydrogen-bond acceptors (Lipinski definition) is 6. The van der Waals surface area contributed by atoms with Gasteiger partial charge in [0.1, 0.15) is 0 Å². The predicted molar refractivity (Wildman–Crippen MR) is 91.5 cm³/mol. The lowest BCUT2D eigenvalue weighted by atomic mass is 9.96. The molecule has 1 saturated heterocycles. The van der Waals surface area contributed by atoms with Gasteiger partial charge in [0.2, 0.25) is 18.6 Å². The molecule has 4 rings (SSSR count). The third-order valence-electron chi connectivity index (χ3n) is 4.70. The largest absolute Gasteiger partial charge is 0.454 e. The molecule has 2 N–H and O–H groups in total. The molecule has 0 atom stereocenters. The van der Waals surface area contributed by atoms with Gasteiger partial charge in [0, 0.05) is 31.6 Å². The lowest BCUT2D eigenvalue weighted by molar-refractivity contribution is -0.122. The summed E-state index contributed by atoms with van der Waals surface area (Å²) in [5.74, 6) is 2.02. The maximum absolute atomic E-state index is 11.3. The van der Waals surface area contributed by atoms with E-state index in [0.29, 0.717) is 12.4 Å². The van der Waals surface area contributed by atoms with Crippen LogP contribution in [0.2, 0.25) is 0 Å². The van der Waals surface area contributed by atoms with Gasteiger partial charge >= 0.3 is 0 Å². The van der Waals surface area contributed by atoms with E-state index in [2.05, 4.69) is 14.9 Å². The van der Waals surface area contributed by atoms with Crippen molar-refractivity contribution >= 4 is 11.9 Å². The number of hydrogen-bond donors (Lipinski definition) is 1. The lowest BCUT2D eigenvalue weighted by Crippen LogP contribution is -2.39. The standard InChI is InChI=1S/C18H20N4O3/c19-17(23)13-4-7-22(8-5-13)18-20-6-3-14(21-18)9-12-1-2-15-16(10-12)25-11-24-15/h1-3,6,10,13H,4-5,7-9,11H2,(H2,19,23). The summed E-state index contributed by atoms with van der Waals surface area (Å²) >= 11 is 0. The molecule has 1 aromatic heterocycles. The van der Waals surface area contributed by atoms with Crippen molar-refractivity contribution in [2.75, 3.05) is 24.8 Å². The number of ether oxygens (including phenoxy) is 2. The molecule has 2 aromatic rings. The molecule has 0 bridgehead atoms. The zero-order chi connectivity index (χ0) is 17.2. The van der Waals surface area contributed by atoms with Crippen LogP contribution < -0.4 is 20.1 Å². The Kier molecular flexibility index (Phi) is 4.13. The first-order chi connectivity index (χ1) is 12.2. The summed E-state index contributed by atoms with van der Waals surface area (Å²) in [5.41, 5.74) is 7.45. The van der Waals surface area contributed by atoms with Crippen LogP contribution in [0.1, 0.15) is 24.1 Å². The Morgan fingerprint density at radius 3 is 2.80 bits per heavy atom. The molecular formula is C18H20N4O3. The molecule has 2 aliphatic heterocycles. The van der Waals surface area contributed by atoms with Crippen molar-refractivity contribution in [3.8, 4) is 11.5 Å². The molecule has 0 unspecified atom stereocenters. The highest BCUT2D eigenvalue weighted by Crippen LogP contribution is 2.33. The second kappa shape index (κ2) is 6.58. The summed E-state index contributed by atoms with van der Waals surface area (Å²) in [7, 11) is 0. The number of fused-ring (bicyclic) bond motifs is 1. The fourth-order valence-electron chi connectivity index (χ4n) is 3.26. The highest BCUT2D eigenvalue weighted by Gasteiger charge is 2.24. The Balaban J connectivity index is 1.46. The molecular weight excluding hydrogens is 320 g/mol. The average Bonchev–Trinajstić information content (AvgIpc) is 3.10. The molecule has 2 aliphatic rings. The molecule has 1 amide bonds. The van der Waals surface area contributed by atoms with Gasteiger partial charge in [-0.05, 0) is 36.6 Å². The summed E-state index contributed by atoms with van der Waals surface area (Å²) in [6.45, 7) is 1.78. The summed E-state index contributed by atoms with van der Waals surface area (Å²) < 4.78 is 10.8. The number of nitrogens with two attached hydrogens (primary N) is 1. The van der Waals surface area contributed by atoms with Crippen molar-refractivity contribution in [3.05, 3.63) is 41.7 Å². The molecule has 0 saturated carbocycles. The van der Waals surface area contributed by atoms with Gasteiger partial charge in [-0.3, -0.25) is 4.79 Å². The van der Waals surface area contributed by atoms with Crippen LogP contribution >= 0.6 is 0 Å². The zero-order valence-corrected chi connectivity index (χ0v) is 13.9. The van der Waals surface area contributed by atoms with E-state index in [0.717, 1.165) is 48.7 Å². The highest BCUT2D eigenvalue weighted by atomic mass is 16.7. The number of benzene rings is 1. The number of carbonyl (C=O) groups is 1. The predicted octanol–water partition coefficient (Wildman–Crippen LogP) is 1.50. The third-order valence-corrected chi connectivity index (χ3v) is 4.70. The summed E-state index contributed by atoms with van der Waals surface area (Å²) in [6.07, 6.45) is 3.99. The van der Waals surface area contributed by atoms with Gasteiger partial charge in [-0.2, -0.15) is 0 Å². The fourth-order valence-corrected chi connectivity index (χ4v) is 3.26. The number of anilines is 1. The average molecular weight is 340 g/mol. The van der Waals surface area contributed by atoms with Gasteiger partial charge in [0.25, 0.3) is 0 Å². The van der Waals surface area contributed by atoms with Crippen LogP contribution in [0.15, 0.2) is 30.5 Å². The molecule has 7 heteroatoms. The van der Waals surface area contributed by atoms with Crippen molar-refractivity contribution in [1.82, 2.24) is 9.97 Å². The van der Waals surface area contributed by atoms with Crippen molar-refractivity contribution < 1.29 is 14.3 Å². The van der Waals surface area contributed by atoms with E-state index in [-0.39, 0.29) is 18.6 Å². The van der Waals surface area contributed by atoms with Crippen LogP contribution in [0.4, 0.5) is 5.95 Å². The summed E-state index contributed by atoms with van der Waals surface area (Å²) in [5, 5.41) is 0. The van der Waals surface area contributed by atoms with Crippen molar-refractivity contribution in [2.24, 2.45) is 11.7 Å². The van der Waals surface area contributed by atoms with Crippen molar-refractivity contribution in [2.45, 2.75) is 19.3 Å². The molecule has 1 aromatic carbocycles. The Morgan fingerprint density at radius 1 is 1.20 bits per heavy atom. The van der Waals surface area contributed by atoms with E-state index in [1.165, 1.54) is 0 Å². The van der Waals surface area contributed by atoms with E-state index in [1.54, 1.807) is 6.20 Å². The maximum atomic E-state index is 11.3. The minimum atomic E-state index is -0.211. The van der Waals surface area contributed by atoms with Crippen LogP contribution in [0.3, 0.4) is 0 Å². The topological polar surface area (TPSA) is 90.6 Å². The monoisotopic (exact) mass is 340 g/mol. The van der Waals surface area contributed by atoms with Crippen LogP contribution in [0, 0.1) is 5.92 Å². The number of primary amides is 1. The quantitative estimate of drug-likeness (QED) is 0.907. The van der Waals surface area contributed by atoms with E-state index < -0.39 is 0 Å². The minimum absolute atomic E-state index is 0.0342. The highest BCUT2D eigenvalue weighted by molar-refractivity contribution is 5.76. The number of carbonyl (C=O) groups excluding carboxylic acids is 1. The SMILES string of the molecule is NC(=O)C1CCN(c2nccc(Cc3ccc4c(c3)OCO4)n2)CC1. The van der Waals surface area contributed by atoms with E-state index in [9.17, 15) is 4.79 Å². The van der Waals surface area contributed by atoms with E-state index in [4.69, 9.17) is 15.2 Å². The smallest absolute Gasteiger partial charge is 0.231 e. The molecule has 7 nitrogen and oxygen atoms in total. The van der Waals surface area contributed by atoms with Gasteiger partial charge in [0.15, 0.2) is 11.5 Å². The van der Waals surface area contributed by atoms with Crippen LogP contribution in [-0.4, -0.2) is 35.8 Å². The van der Waals surface area contributed by atoms with Crippen LogP contribution in [0.5, 0.6) is 11.5 Å². The summed E-state index contributed by atoms with van der Waals surface area (Å²) in [6, 6.07) is 7.86. The molecule has 0 spiro atoms. The van der Waals surface area contributed by atoms with Crippen molar-refractivity contribution in [3.63, 3.8) is 0 Å². The number of aromatic nitrogens is 2. The number of amides is 1. The first-order valence-electron chi connectivity index (χ1n) is 8.44. The zero-order valence-electron chi connectivity index (χ0n) is 13.9. The molecule has 25 heavy (non-hydrogen) atoms. The van der Waals surface area contributed by atoms with Gasteiger partial charge in [-0.15, -0.1) is 0 Å². The molecule has 0 radical (unpaired) electrons. The second-order valence-electron chi connectivity index (χ2n) is 6.38. The fraction of sp³-hybridized carbons (Fsp3) is 0.389. The Bertz CT molecular complexity index is 788. The van der Waals surface area contributed by atoms with Crippen LogP contribution in [-0.2, 0) is 11.2 Å². The molecule has 0 aliphatic carbocycles. The lowest BCUT2D eigenvalue weighted by Gasteiger charge is -2.30. The Morgan fingerprint density at radius 2 is 2.00 bits per heavy atom. The van der Waals surface area contributed by atoms with Gasteiger partial charge in [-0.1, -0.05) is 6.07 Å². The summed E-state index contributed by atoms with van der Waals surface area (Å²) in [4.78, 5) is 22.5. The molecule has 130 valence electrons. The van der Waals surface area contributed by atoms with Gasteiger partial charge in [-0.25, -0.2) is 9.97 Å². The first kappa shape index (κ1) is 15.7. The second-order valence-corrected chi connectivity index (χ2v) is 6.38. The van der Waals surface area contributed by atoms with E-state index >= 15 is 0 Å². The van der Waals surface area contributed by atoms with Gasteiger partial charge in [0.05, 0.1) is 5.69 Å². The Labute approximate surface area is 145 Å². The Hall–Kier alpha value is -2.83. The van der Waals surface area contributed by atoms with Gasteiger partial charge < -0.3 is 20.1 Å².